The van der Waals surface area contributed by atoms with Crippen molar-refractivity contribution in [1.82, 2.24) is 4.31 Å². The summed E-state index contributed by atoms with van der Waals surface area (Å²) < 4.78 is 38.8. The van der Waals surface area contributed by atoms with Gasteiger partial charge in [0.25, 0.3) is 10.0 Å². The Balaban J connectivity index is 1.44. The molecule has 4 rings (SSSR count). The summed E-state index contributed by atoms with van der Waals surface area (Å²) in [5.41, 5.74) is 0.579. The molecule has 28 heavy (non-hydrogen) atoms. The molecule has 3 heterocycles. The number of halogens is 1. The lowest BCUT2D eigenvalue weighted by molar-refractivity contribution is -0.115. The molecule has 2 aliphatic heterocycles. The Labute approximate surface area is 175 Å². The van der Waals surface area contributed by atoms with Crippen LogP contribution in [-0.4, -0.2) is 44.9 Å². The summed E-state index contributed by atoms with van der Waals surface area (Å²) in [5, 5.41) is 2.84. The number of nitrogens with one attached hydrogen (secondary N) is 1. The summed E-state index contributed by atoms with van der Waals surface area (Å²) in [7, 11) is -3.45. The molecule has 2 aromatic rings. The molecular weight excluding hydrogens is 468 g/mol. The second kappa shape index (κ2) is 8.02. The molecule has 1 saturated heterocycles. The first-order valence-electron chi connectivity index (χ1n) is 8.91. The number of sulfonamides is 1. The maximum Gasteiger partial charge on any atom is 0.252 e. The van der Waals surface area contributed by atoms with Gasteiger partial charge in [0.2, 0.25) is 5.91 Å². The van der Waals surface area contributed by atoms with Crippen molar-refractivity contribution in [1.29, 1.82) is 0 Å². The van der Waals surface area contributed by atoms with Crippen LogP contribution in [0.2, 0.25) is 0 Å². The monoisotopic (exact) mass is 486 g/mol. The molecule has 1 amide bonds. The molecular formula is C18H19BrN2O5S2. The predicted octanol–water partition coefficient (Wildman–Crippen LogP) is 3.25. The van der Waals surface area contributed by atoms with Crippen molar-refractivity contribution in [2.75, 3.05) is 31.6 Å². The molecule has 150 valence electrons. The van der Waals surface area contributed by atoms with E-state index in [2.05, 4.69) is 21.2 Å². The molecule has 1 fully saturated rings. The van der Waals surface area contributed by atoms with Gasteiger partial charge in [0.1, 0.15) is 17.4 Å². The van der Waals surface area contributed by atoms with Gasteiger partial charge in [0.05, 0.1) is 12.1 Å². The second-order valence-electron chi connectivity index (χ2n) is 6.53. The fourth-order valence-corrected chi connectivity index (χ4v) is 6.61. The molecule has 1 aromatic heterocycles. The van der Waals surface area contributed by atoms with Gasteiger partial charge in [-0.3, -0.25) is 4.79 Å². The SMILES string of the molecule is O=C(Cc1ccc(S(=O)(=O)N2CCCC2)s1)Nc1cc2c(cc1Br)OCCO2. The molecule has 1 aromatic carbocycles. The molecule has 0 aliphatic carbocycles. The normalized spacial score (nSPS) is 16.9. The molecule has 10 heteroatoms. The third-order valence-corrected chi connectivity index (χ3v) is 8.64. The minimum Gasteiger partial charge on any atom is -0.486 e. The van der Waals surface area contributed by atoms with E-state index in [-0.39, 0.29) is 16.5 Å². The zero-order valence-corrected chi connectivity index (χ0v) is 18.2. The third-order valence-electron chi connectivity index (χ3n) is 4.54. The maximum atomic E-state index is 12.6. The van der Waals surface area contributed by atoms with Gasteiger partial charge < -0.3 is 14.8 Å². The summed E-state index contributed by atoms with van der Waals surface area (Å²) in [6.45, 7) is 2.08. The smallest absolute Gasteiger partial charge is 0.252 e. The Kier molecular flexibility index (Phi) is 5.64. The number of fused-ring (bicyclic) bond motifs is 1. The van der Waals surface area contributed by atoms with Gasteiger partial charge in [-0.2, -0.15) is 4.31 Å². The molecule has 0 unspecified atom stereocenters. The number of anilines is 1. The summed E-state index contributed by atoms with van der Waals surface area (Å²) in [4.78, 5) is 13.2. The molecule has 0 spiro atoms. The van der Waals surface area contributed by atoms with E-state index in [1.54, 1.807) is 24.3 Å². The van der Waals surface area contributed by atoms with Crippen molar-refractivity contribution in [2.45, 2.75) is 23.5 Å². The van der Waals surface area contributed by atoms with Crippen LogP contribution >= 0.6 is 27.3 Å². The fourth-order valence-electron chi connectivity index (χ4n) is 3.16. The highest BCUT2D eigenvalue weighted by Gasteiger charge is 2.28. The van der Waals surface area contributed by atoms with Crippen molar-refractivity contribution in [3.8, 4) is 11.5 Å². The Morgan fingerprint density at radius 1 is 1.14 bits per heavy atom. The Hall–Kier alpha value is -1.62. The number of hydrogen-bond donors (Lipinski definition) is 1. The highest BCUT2D eigenvalue weighted by Crippen LogP contribution is 2.38. The first kappa shape index (κ1) is 19.7. The average molecular weight is 487 g/mol. The van der Waals surface area contributed by atoms with Crippen LogP contribution in [0.15, 0.2) is 32.9 Å². The van der Waals surface area contributed by atoms with Crippen LogP contribution in [0.5, 0.6) is 11.5 Å². The maximum absolute atomic E-state index is 12.6. The Bertz CT molecular complexity index is 999. The van der Waals surface area contributed by atoms with Gasteiger partial charge in [-0.1, -0.05) is 0 Å². The first-order valence-corrected chi connectivity index (χ1v) is 12.0. The van der Waals surface area contributed by atoms with Crippen molar-refractivity contribution in [2.24, 2.45) is 0 Å². The number of benzene rings is 1. The molecule has 0 saturated carbocycles. The lowest BCUT2D eigenvalue weighted by Gasteiger charge is -2.20. The van der Waals surface area contributed by atoms with Crippen molar-refractivity contribution in [3.05, 3.63) is 33.6 Å². The minimum absolute atomic E-state index is 0.0983. The number of carbonyl (C=O) groups is 1. The predicted molar refractivity (Wildman–Crippen MR) is 110 cm³/mol. The molecule has 7 nitrogen and oxygen atoms in total. The average Bonchev–Trinajstić information content (AvgIpc) is 3.34. The number of rotatable bonds is 5. The van der Waals surface area contributed by atoms with Crippen molar-refractivity contribution >= 4 is 48.9 Å². The van der Waals surface area contributed by atoms with Crippen LogP contribution in [-0.2, 0) is 21.2 Å². The highest BCUT2D eigenvalue weighted by molar-refractivity contribution is 9.10. The van der Waals surface area contributed by atoms with Crippen LogP contribution in [0.3, 0.4) is 0 Å². The molecule has 1 N–H and O–H groups in total. The first-order chi connectivity index (χ1) is 13.4. The number of carbonyl (C=O) groups excluding carboxylic acids is 1. The fraction of sp³-hybridized carbons (Fsp3) is 0.389. The van der Waals surface area contributed by atoms with Gasteiger partial charge in [-0.05, 0) is 40.9 Å². The molecule has 2 aliphatic rings. The zero-order valence-electron chi connectivity index (χ0n) is 14.9. The van der Waals surface area contributed by atoms with Crippen LogP contribution in [0.4, 0.5) is 5.69 Å². The molecule has 0 atom stereocenters. The Morgan fingerprint density at radius 3 is 2.54 bits per heavy atom. The standard InChI is InChI=1S/C18H19BrN2O5S2/c19-13-10-15-16(26-8-7-25-15)11-14(13)20-17(22)9-12-3-4-18(27-12)28(23,24)21-5-1-2-6-21/h3-4,10-11H,1-2,5-9H2,(H,20,22). The van der Waals surface area contributed by atoms with E-state index in [1.165, 1.54) is 4.31 Å². The Morgan fingerprint density at radius 2 is 1.82 bits per heavy atom. The van der Waals surface area contributed by atoms with Gasteiger partial charge in [-0.15, -0.1) is 11.3 Å². The number of hydrogen-bond acceptors (Lipinski definition) is 6. The molecule has 0 bridgehead atoms. The van der Waals surface area contributed by atoms with E-state index in [0.717, 1.165) is 24.2 Å². The van der Waals surface area contributed by atoms with E-state index in [4.69, 9.17) is 9.47 Å². The second-order valence-corrected chi connectivity index (χ2v) is 10.7. The van der Waals surface area contributed by atoms with E-state index >= 15 is 0 Å². The number of amides is 1. The lowest BCUT2D eigenvalue weighted by atomic mass is 10.2. The van der Waals surface area contributed by atoms with Crippen molar-refractivity contribution < 1.29 is 22.7 Å². The summed E-state index contributed by atoms with van der Waals surface area (Å²) in [6, 6.07) is 6.76. The van der Waals surface area contributed by atoms with Gasteiger partial charge in [0, 0.05) is 34.6 Å². The van der Waals surface area contributed by atoms with Gasteiger partial charge in [-0.25, -0.2) is 8.42 Å². The minimum atomic E-state index is -3.45. The van der Waals surface area contributed by atoms with E-state index in [0.29, 0.717) is 52.8 Å². The summed E-state index contributed by atoms with van der Waals surface area (Å²) in [6.07, 6.45) is 1.88. The van der Waals surface area contributed by atoms with Crippen LogP contribution < -0.4 is 14.8 Å². The number of thiophene rings is 1. The third kappa shape index (κ3) is 4.05. The van der Waals surface area contributed by atoms with E-state index in [1.807, 2.05) is 0 Å². The number of nitrogens with zero attached hydrogens (tertiary/aromatic N) is 1. The van der Waals surface area contributed by atoms with Crippen LogP contribution in [0.25, 0.3) is 0 Å². The quantitative estimate of drug-likeness (QED) is 0.700. The van der Waals surface area contributed by atoms with E-state index in [9.17, 15) is 13.2 Å². The molecule has 0 radical (unpaired) electrons. The van der Waals surface area contributed by atoms with Gasteiger partial charge >= 0.3 is 0 Å². The largest absolute Gasteiger partial charge is 0.486 e. The lowest BCUT2D eigenvalue weighted by Crippen LogP contribution is -2.27. The topological polar surface area (TPSA) is 84.9 Å². The highest BCUT2D eigenvalue weighted by atomic mass is 79.9. The number of ether oxygens (including phenoxy) is 2. The van der Waals surface area contributed by atoms with Crippen molar-refractivity contribution in [3.63, 3.8) is 0 Å². The summed E-state index contributed by atoms with van der Waals surface area (Å²) >= 11 is 4.57. The van der Waals surface area contributed by atoms with Crippen LogP contribution in [0.1, 0.15) is 17.7 Å². The zero-order chi connectivity index (χ0) is 19.7. The summed E-state index contributed by atoms with van der Waals surface area (Å²) in [5.74, 6) is 0.982. The van der Waals surface area contributed by atoms with Crippen LogP contribution in [0, 0.1) is 0 Å². The van der Waals surface area contributed by atoms with Gasteiger partial charge in [0.15, 0.2) is 11.5 Å². The van der Waals surface area contributed by atoms with E-state index < -0.39 is 10.0 Å².